The first kappa shape index (κ1) is 13.6. The molecular weight excluding hydrogens is 337 g/mol. The second-order valence-electron chi connectivity index (χ2n) is 6.72. The average molecular weight is 363 g/mol. The minimum atomic E-state index is 0.413. The van der Waals surface area contributed by atoms with Gasteiger partial charge in [0.15, 0.2) is 0 Å². The zero-order valence-corrected chi connectivity index (χ0v) is 13.6. The molecule has 0 spiro atoms. The standard InChI is InChI=1S/C15H26INO/c1-17-12-6-7-15(17)14(9-18)13(8-12)10-2-4-11(16)5-3-10/h10-15,18H,2-9H2,1H3. The van der Waals surface area contributed by atoms with Crippen LogP contribution >= 0.6 is 22.6 Å². The zero-order chi connectivity index (χ0) is 12.7. The van der Waals surface area contributed by atoms with Crippen LogP contribution in [0.4, 0.5) is 0 Å². The number of hydrogen-bond acceptors (Lipinski definition) is 2. The van der Waals surface area contributed by atoms with E-state index >= 15 is 0 Å². The number of fused-ring (bicyclic) bond motifs is 2. The van der Waals surface area contributed by atoms with Crippen LogP contribution < -0.4 is 0 Å². The van der Waals surface area contributed by atoms with Gasteiger partial charge in [0, 0.05) is 28.5 Å². The molecule has 0 aromatic rings. The van der Waals surface area contributed by atoms with Gasteiger partial charge in [0.2, 0.25) is 0 Å². The second kappa shape index (κ2) is 5.57. The van der Waals surface area contributed by atoms with Gasteiger partial charge in [-0.15, -0.1) is 0 Å². The normalized spacial score (nSPS) is 49.5. The molecule has 3 fully saturated rings. The summed E-state index contributed by atoms with van der Waals surface area (Å²) in [6, 6.07) is 1.50. The lowest BCUT2D eigenvalue weighted by molar-refractivity contribution is -0.00205. The molecule has 0 aromatic heterocycles. The lowest BCUT2D eigenvalue weighted by Gasteiger charge is -2.46. The Bertz CT molecular complexity index is 290. The van der Waals surface area contributed by atoms with Crippen LogP contribution in [0.5, 0.6) is 0 Å². The minimum Gasteiger partial charge on any atom is -0.396 e. The number of nitrogens with zero attached hydrogens (tertiary/aromatic N) is 1. The van der Waals surface area contributed by atoms with Gasteiger partial charge in [-0.1, -0.05) is 22.6 Å². The first-order valence-electron chi connectivity index (χ1n) is 7.67. The molecule has 4 atom stereocenters. The van der Waals surface area contributed by atoms with Crippen LogP contribution in [0, 0.1) is 17.8 Å². The van der Waals surface area contributed by atoms with Gasteiger partial charge in [-0.2, -0.15) is 0 Å². The van der Waals surface area contributed by atoms with Crippen LogP contribution in [-0.4, -0.2) is 39.7 Å². The molecule has 2 aliphatic heterocycles. The van der Waals surface area contributed by atoms with Gasteiger partial charge in [0.25, 0.3) is 0 Å². The molecule has 1 N–H and O–H groups in total. The number of hydrogen-bond donors (Lipinski definition) is 1. The van der Waals surface area contributed by atoms with Crippen molar-refractivity contribution in [2.24, 2.45) is 17.8 Å². The molecule has 1 aliphatic carbocycles. The topological polar surface area (TPSA) is 23.5 Å². The van der Waals surface area contributed by atoms with Crippen LogP contribution in [0.15, 0.2) is 0 Å². The Morgan fingerprint density at radius 1 is 1.11 bits per heavy atom. The molecule has 3 aliphatic rings. The third kappa shape index (κ3) is 2.35. The molecule has 104 valence electrons. The Hall–Kier alpha value is 0.650. The van der Waals surface area contributed by atoms with Crippen molar-refractivity contribution in [2.75, 3.05) is 13.7 Å². The molecular formula is C15H26INO. The predicted octanol–water partition coefficient (Wildman–Crippen LogP) is 3.07. The Morgan fingerprint density at radius 2 is 1.83 bits per heavy atom. The molecule has 0 amide bonds. The number of piperidine rings is 1. The lowest BCUT2D eigenvalue weighted by Crippen LogP contribution is -2.50. The van der Waals surface area contributed by atoms with E-state index in [1.54, 1.807) is 0 Å². The van der Waals surface area contributed by atoms with E-state index in [0.29, 0.717) is 18.6 Å². The molecule has 2 saturated heterocycles. The summed E-state index contributed by atoms with van der Waals surface area (Å²) in [5.74, 6) is 2.28. The van der Waals surface area contributed by atoms with Gasteiger partial charge in [-0.3, -0.25) is 0 Å². The molecule has 3 heteroatoms. The van der Waals surface area contributed by atoms with E-state index in [1.807, 2.05) is 0 Å². The Kier molecular flexibility index (Phi) is 4.21. The van der Waals surface area contributed by atoms with Gasteiger partial charge in [0.05, 0.1) is 0 Å². The molecule has 0 radical (unpaired) electrons. The number of aliphatic hydroxyl groups excluding tert-OH is 1. The highest BCUT2D eigenvalue weighted by Crippen LogP contribution is 2.47. The van der Waals surface area contributed by atoms with Crippen molar-refractivity contribution in [3.63, 3.8) is 0 Å². The highest BCUT2D eigenvalue weighted by molar-refractivity contribution is 14.1. The smallest absolute Gasteiger partial charge is 0.0477 e. The fourth-order valence-electron chi connectivity index (χ4n) is 4.92. The van der Waals surface area contributed by atoms with Crippen molar-refractivity contribution in [1.82, 2.24) is 4.90 Å². The summed E-state index contributed by atoms with van der Waals surface area (Å²) in [5, 5.41) is 9.85. The lowest BCUT2D eigenvalue weighted by atomic mass is 9.68. The van der Waals surface area contributed by atoms with Crippen molar-refractivity contribution in [1.29, 1.82) is 0 Å². The monoisotopic (exact) mass is 363 g/mol. The summed E-state index contributed by atoms with van der Waals surface area (Å²) in [6.07, 6.45) is 9.70. The van der Waals surface area contributed by atoms with Crippen molar-refractivity contribution >= 4 is 22.6 Å². The second-order valence-corrected chi connectivity index (χ2v) is 8.48. The first-order chi connectivity index (χ1) is 8.70. The van der Waals surface area contributed by atoms with Crippen LogP contribution in [-0.2, 0) is 0 Å². The van der Waals surface area contributed by atoms with Gasteiger partial charge < -0.3 is 10.0 Å². The Morgan fingerprint density at radius 3 is 2.50 bits per heavy atom. The first-order valence-corrected chi connectivity index (χ1v) is 8.92. The highest BCUT2D eigenvalue weighted by atomic mass is 127. The molecule has 2 nitrogen and oxygen atoms in total. The number of halogens is 1. The maximum Gasteiger partial charge on any atom is 0.0477 e. The number of rotatable bonds is 2. The zero-order valence-electron chi connectivity index (χ0n) is 11.4. The van der Waals surface area contributed by atoms with Crippen molar-refractivity contribution in [3.8, 4) is 0 Å². The number of alkyl halides is 1. The fourth-order valence-corrected chi connectivity index (χ4v) is 5.64. The largest absolute Gasteiger partial charge is 0.396 e. The van der Waals surface area contributed by atoms with Crippen LogP contribution in [0.1, 0.15) is 44.9 Å². The van der Waals surface area contributed by atoms with Crippen molar-refractivity contribution < 1.29 is 5.11 Å². The SMILES string of the molecule is CN1C2CCC1C(CO)C(C1CCC(I)CC1)C2. The minimum absolute atomic E-state index is 0.413. The van der Waals surface area contributed by atoms with E-state index in [9.17, 15) is 5.11 Å². The maximum absolute atomic E-state index is 9.85. The molecule has 3 rings (SSSR count). The van der Waals surface area contributed by atoms with Crippen LogP contribution in [0.3, 0.4) is 0 Å². The van der Waals surface area contributed by atoms with Gasteiger partial charge in [0.1, 0.15) is 0 Å². The summed E-state index contributed by atoms with van der Waals surface area (Å²) in [4.78, 5) is 2.57. The summed E-state index contributed by atoms with van der Waals surface area (Å²) in [7, 11) is 2.28. The number of aliphatic hydroxyl groups is 1. The van der Waals surface area contributed by atoms with Crippen molar-refractivity contribution in [3.05, 3.63) is 0 Å². The summed E-state index contributed by atoms with van der Waals surface area (Å²) < 4.78 is 0.911. The van der Waals surface area contributed by atoms with E-state index in [-0.39, 0.29) is 0 Å². The molecule has 18 heavy (non-hydrogen) atoms. The van der Waals surface area contributed by atoms with Crippen LogP contribution in [0.25, 0.3) is 0 Å². The average Bonchev–Trinajstić information content (AvgIpc) is 2.63. The van der Waals surface area contributed by atoms with E-state index in [0.717, 1.165) is 21.8 Å². The third-order valence-corrected chi connectivity index (χ3v) is 7.25. The molecule has 1 saturated carbocycles. The van der Waals surface area contributed by atoms with E-state index in [4.69, 9.17) is 0 Å². The van der Waals surface area contributed by atoms with Gasteiger partial charge in [-0.25, -0.2) is 0 Å². The fraction of sp³-hybridized carbons (Fsp3) is 1.00. The molecule has 2 heterocycles. The summed E-state index contributed by atoms with van der Waals surface area (Å²) in [5.41, 5.74) is 0. The highest BCUT2D eigenvalue weighted by Gasteiger charge is 2.47. The summed E-state index contributed by atoms with van der Waals surface area (Å²) >= 11 is 2.62. The quantitative estimate of drug-likeness (QED) is 0.602. The van der Waals surface area contributed by atoms with Crippen LogP contribution in [0.2, 0.25) is 0 Å². The van der Waals surface area contributed by atoms with Gasteiger partial charge in [-0.05, 0) is 63.8 Å². The van der Waals surface area contributed by atoms with E-state index in [2.05, 4.69) is 34.5 Å². The predicted molar refractivity (Wildman–Crippen MR) is 83.0 cm³/mol. The van der Waals surface area contributed by atoms with Gasteiger partial charge >= 0.3 is 0 Å². The molecule has 4 unspecified atom stereocenters. The van der Waals surface area contributed by atoms with E-state index < -0.39 is 0 Å². The van der Waals surface area contributed by atoms with E-state index in [1.165, 1.54) is 44.9 Å². The molecule has 0 aromatic carbocycles. The summed E-state index contributed by atoms with van der Waals surface area (Å²) in [6.45, 7) is 0.413. The maximum atomic E-state index is 9.85. The third-order valence-electron chi connectivity index (χ3n) is 6.00. The molecule has 2 bridgehead atoms. The van der Waals surface area contributed by atoms with Crippen molar-refractivity contribution in [2.45, 2.75) is 61.0 Å². The Balaban J connectivity index is 1.71. The Labute approximate surface area is 125 Å².